The molecule has 0 spiro atoms. The number of amides is 1. The number of aromatic nitrogens is 2. The summed E-state index contributed by atoms with van der Waals surface area (Å²) < 4.78 is 35.1. The normalized spacial score (nSPS) is 19.5. The highest BCUT2D eigenvalue weighted by atomic mass is 31.2. The number of nitrogens with zero attached hydrogens (tertiary/aromatic N) is 5. The van der Waals surface area contributed by atoms with Gasteiger partial charge in [-0.15, -0.1) is 0 Å². The number of nitrogens with two attached hydrogens (primary N) is 1. The van der Waals surface area contributed by atoms with Crippen LogP contribution < -0.4 is 22.2 Å². The van der Waals surface area contributed by atoms with Crippen LogP contribution in [0.25, 0.3) is 0 Å². The second-order valence-electron chi connectivity index (χ2n) is 12.8. The van der Waals surface area contributed by atoms with E-state index in [1.807, 2.05) is 0 Å². The summed E-state index contributed by atoms with van der Waals surface area (Å²) in [7, 11) is -8.22. The number of unbranched alkanes of at least 4 members (excludes halogenated alkanes) is 1. The highest BCUT2D eigenvalue weighted by Crippen LogP contribution is 2.55. The van der Waals surface area contributed by atoms with Crippen LogP contribution in [-0.2, 0) is 36.9 Å². The average molecular weight is 838 g/mol. The van der Waals surface area contributed by atoms with Crippen molar-refractivity contribution in [2.75, 3.05) is 64.9 Å². The maximum absolute atomic E-state index is 12.9. The van der Waals surface area contributed by atoms with Crippen molar-refractivity contribution in [1.82, 2.24) is 24.3 Å². The third-order valence-corrected chi connectivity index (χ3v) is 12.3. The van der Waals surface area contributed by atoms with Crippen molar-refractivity contribution in [2.45, 2.75) is 85.5 Å². The number of aliphatic hydroxyl groups is 2. The summed E-state index contributed by atoms with van der Waals surface area (Å²) in [5.41, 5.74) is 6.03. The first-order valence-electron chi connectivity index (χ1n) is 18.9. The lowest BCUT2D eigenvalue weighted by molar-refractivity contribution is -0.0530. The van der Waals surface area contributed by atoms with Gasteiger partial charge in [0.15, 0.2) is 17.6 Å². The number of carbonyl (C=O) groups is 1. The van der Waals surface area contributed by atoms with Gasteiger partial charge in [-0.2, -0.15) is 0 Å². The quantitative estimate of drug-likeness (QED) is 0.0564. The van der Waals surface area contributed by atoms with Crippen LogP contribution in [0, 0.1) is 0 Å². The van der Waals surface area contributed by atoms with Gasteiger partial charge >= 0.3 is 20.9 Å². The Kier molecular flexibility index (Phi) is 24.0. The zero-order valence-electron chi connectivity index (χ0n) is 33.8. The lowest BCUT2D eigenvalue weighted by atomic mass is 10.1. The zero-order chi connectivity index (χ0) is 42.5. The van der Waals surface area contributed by atoms with Crippen molar-refractivity contribution in [3.63, 3.8) is 0 Å². The van der Waals surface area contributed by atoms with E-state index < -0.39 is 57.9 Å². The molecule has 0 bridgehead atoms. The summed E-state index contributed by atoms with van der Waals surface area (Å²) >= 11 is 0. The Morgan fingerprint density at radius 3 is 1.95 bits per heavy atom. The van der Waals surface area contributed by atoms with Gasteiger partial charge in [-0.3, -0.25) is 23.1 Å². The molecule has 322 valence electrons. The molecule has 56 heavy (non-hydrogen) atoms. The van der Waals surface area contributed by atoms with E-state index in [4.69, 9.17) is 25.1 Å². The number of carbonyl (C=O) groups excluding carboxylic acids is 1. The van der Waals surface area contributed by atoms with Crippen molar-refractivity contribution in [3.8, 4) is 0 Å². The first-order valence-corrected chi connectivity index (χ1v) is 22.5. The Morgan fingerprint density at radius 2 is 1.46 bits per heavy atom. The Labute approximate surface area is 329 Å². The number of benzene rings is 1. The van der Waals surface area contributed by atoms with E-state index in [0.29, 0.717) is 24.2 Å². The Hall–Kier alpha value is -2.77. The summed E-state index contributed by atoms with van der Waals surface area (Å²) in [4.78, 5) is 62.6. The number of ether oxygens (including phenoxy) is 1. The topological polar surface area (TPSA) is 264 Å². The summed E-state index contributed by atoms with van der Waals surface area (Å²) in [5.74, 6) is -1.64. The molecule has 1 amide bonds. The number of hydrogen-bond donors (Lipinski definition) is 7. The lowest BCUT2D eigenvalue weighted by Crippen LogP contribution is -2.42. The first-order chi connectivity index (χ1) is 26.4. The van der Waals surface area contributed by atoms with E-state index in [1.165, 1.54) is 58.6 Å². The molecule has 19 nitrogen and oxygen atoms in total. The van der Waals surface area contributed by atoms with E-state index >= 15 is 0 Å². The third-order valence-electron chi connectivity index (χ3n) is 8.86. The molecule has 1 fully saturated rings. The summed E-state index contributed by atoms with van der Waals surface area (Å²) in [6, 6.07) is 8.08. The number of rotatable bonds is 20. The third kappa shape index (κ3) is 18.2. The fourth-order valence-electron chi connectivity index (χ4n) is 5.28. The molecule has 1 aromatic heterocycles. The zero-order valence-corrected chi connectivity index (χ0v) is 35.6. The van der Waals surface area contributed by atoms with Crippen LogP contribution in [0.1, 0.15) is 76.5 Å². The number of aliphatic hydroxyl groups excluding tert-OH is 2. The maximum atomic E-state index is 12.9. The molecule has 1 aliphatic rings. The largest absolute Gasteiger partial charge is 0.389 e. The molecule has 1 unspecified atom stereocenters. The first kappa shape index (κ1) is 51.2. The minimum atomic E-state index is -4.87. The smallest absolute Gasteiger partial charge is 0.340 e. The standard InChI is InChI=1S/C23H35N5O12P2.2C6H15N/c1-27-18(26-38-12-15-4-6-16(7-5-15)21(31)25-10-3-2-9-24)8-11-28(23(27)32)22-20(30)19(29)17(40-22)13-39-42(36,37)14-41(33,34)35;2*1-4-7(5-2)6-3/h4-8,11,17,19-20,22,29-30H,2-3,9-10,12-14,24H2,1H3,(H,25,31)(H,36,37)(H2,33,34,35);2*4-6H2,1-3H3/b26-18-;;/t17-,19-,20-,22-;;/m1../s1. The summed E-state index contributed by atoms with van der Waals surface area (Å²) in [6.07, 6.45) is -3.25. The van der Waals surface area contributed by atoms with Crippen molar-refractivity contribution < 1.29 is 52.9 Å². The highest BCUT2D eigenvalue weighted by molar-refractivity contribution is 7.70. The molecule has 2 heterocycles. The van der Waals surface area contributed by atoms with E-state index in [-0.39, 0.29) is 18.0 Å². The molecule has 0 radical (unpaired) electrons. The van der Waals surface area contributed by atoms with Crippen molar-refractivity contribution in [2.24, 2.45) is 17.9 Å². The summed E-state index contributed by atoms with van der Waals surface area (Å²) in [5, 5.41) is 27.5. The Bertz CT molecular complexity index is 1620. The average Bonchev–Trinajstić information content (AvgIpc) is 3.44. The second-order valence-corrected chi connectivity index (χ2v) is 16.8. The van der Waals surface area contributed by atoms with Crippen LogP contribution in [0.5, 0.6) is 0 Å². The van der Waals surface area contributed by atoms with Gasteiger partial charge in [-0.25, -0.2) is 4.79 Å². The van der Waals surface area contributed by atoms with Gasteiger partial charge < -0.3 is 59.8 Å². The van der Waals surface area contributed by atoms with Crippen LogP contribution in [0.3, 0.4) is 0 Å². The van der Waals surface area contributed by atoms with Gasteiger partial charge in [0, 0.05) is 31.4 Å². The molecule has 2 aromatic rings. The summed E-state index contributed by atoms with van der Waals surface area (Å²) in [6.45, 7) is 20.6. The predicted molar refractivity (Wildman–Crippen MR) is 213 cm³/mol. The van der Waals surface area contributed by atoms with Crippen LogP contribution >= 0.6 is 15.2 Å². The van der Waals surface area contributed by atoms with E-state index in [0.717, 1.165) is 22.0 Å². The minimum absolute atomic E-state index is 0.0382. The minimum Gasteiger partial charge on any atom is -0.389 e. The Morgan fingerprint density at radius 1 is 0.911 bits per heavy atom. The van der Waals surface area contributed by atoms with Gasteiger partial charge in [0.2, 0.25) is 0 Å². The molecule has 0 aliphatic carbocycles. The van der Waals surface area contributed by atoms with E-state index in [1.54, 1.807) is 24.3 Å². The van der Waals surface area contributed by atoms with Gasteiger partial charge in [0.25, 0.3) is 5.91 Å². The molecular formula is C35H65N7O12P2. The molecule has 0 saturated carbocycles. The predicted octanol–water partition coefficient (Wildman–Crippen LogP) is 1.34. The molecule has 1 saturated heterocycles. The van der Waals surface area contributed by atoms with Crippen LogP contribution in [0.15, 0.2) is 46.5 Å². The molecule has 5 atom stereocenters. The van der Waals surface area contributed by atoms with Crippen LogP contribution in [-0.4, -0.2) is 133 Å². The van der Waals surface area contributed by atoms with Crippen LogP contribution in [0.2, 0.25) is 0 Å². The number of hydrogen-bond acceptors (Lipinski definition) is 13. The van der Waals surface area contributed by atoms with Crippen molar-refractivity contribution in [1.29, 1.82) is 0 Å². The van der Waals surface area contributed by atoms with Gasteiger partial charge in [-0.1, -0.05) is 58.8 Å². The van der Waals surface area contributed by atoms with Gasteiger partial charge in [0.05, 0.1) is 6.61 Å². The molecular weight excluding hydrogens is 772 g/mol. The van der Waals surface area contributed by atoms with Crippen molar-refractivity contribution >= 4 is 21.1 Å². The van der Waals surface area contributed by atoms with E-state index in [2.05, 4.69) is 66.3 Å². The molecule has 1 aliphatic heterocycles. The van der Waals surface area contributed by atoms with Crippen molar-refractivity contribution in [3.05, 3.63) is 63.6 Å². The van der Waals surface area contributed by atoms with Gasteiger partial charge in [-0.05, 0) is 76.4 Å². The monoisotopic (exact) mass is 837 g/mol. The SMILES string of the molecule is CCN(CC)CC.CCN(CC)CC.Cn1c(=O)n([C@@H]2O[C@H](COP(=O)(O)CP(=O)(O)O)[C@@H](O)[C@H]2O)cc/c1=N/OCc1ccc(C(=O)NCCCCN)cc1. The van der Waals surface area contributed by atoms with Gasteiger partial charge in [0.1, 0.15) is 24.9 Å². The highest BCUT2D eigenvalue weighted by Gasteiger charge is 2.45. The second kappa shape index (κ2) is 26.3. The molecule has 21 heteroatoms. The fraction of sp³-hybridized carbons (Fsp3) is 0.686. The fourth-order valence-corrected chi connectivity index (χ4v) is 7.85. The maximum Gasteiger partial charge on any atom is 0.340 e. The molecule has 8 N–H and O–H groups in total. The van der Waals surface area contributed by atoms with Crippen LogP contribution in [0.4, 0.5) is 0 Å². The molecule has 3 rings (SSSR count). The Balaban J connectivity index is 0.000000949. The van der Waals surface area contributed by atoms with E-state index in [9.17, 15) is 33.8 Å². The molecule has 1 aromatic carbocycles. The lowest BCUT2D eigenvalue weighted by Gasteiger charge is -2.19. The number of nitrogens with one attached hydrogen (secondary N) is 1.